The highest BCUT2D eigenvalue weighted by Gasteiger charge is 2.56. The zero-order valence-corrected chi connectivity index (χ0v) is 22.7. The molecular formula is C32H29F3N4O2. The number of H-pyrrole nitrogens is 1. The van der Waals surface area contributed by atoms with E-state index in [1.54, 1.807) is 38.5 Å². The van der Waals surface area contributed by atoms with Crippen LogP contribution in [0.3, 0.4) is 0 Å². The van der Waals surface area contributed by atoms with Crippen LogP contribution in [0, 0.1) is 0 Å². The van der Waals surface area contributed by atoms with E-state index in [1.807, 2.05) is 48.5 Å². The monoisotopic (exact) mass is 558 g/mol. The molecule has 210 valence electrons. The predicted molar refractivity (Wildman–Crippen MR) is 151 cm³/mol. The fourth-order valence-electron chi connectivity index (χ4n) is 5.78. The van der Waals surface area contributed by atoms with Crippen molar-refractivity contribution in [3.63, 3.8) is 0 Å². The van der Waals surface area contributed by atoms with Gasteiger partial charge in [-0.2, -0.15) is 13.2 Å². The molecule has 1 atom stereocenters. The molecule has 0 fully saturated rings. The quantitative estimate of drug-likeness (QED) is 0.229. The summed E-state index contributed by atoms with van der Waals surface area (Å²) in [6, 6.07) is 16.8. The molecule has 1 aliphatic rings. The maximum Gasteiger partial charge on any atom is 0.417 e. The minimum atomic E-state index is -4.88. The van der Waals surface area contributed by atoms with Crippen LogP contribution in [0.1, 0.15) is 37.1 Å². The first-order chi connectivity index (χ1) is 19.5. The molecule has 5 aromatic rings. The lowest BCUT2D eigenvalue weighted by atomic mass is 9.72. The van der Waals surface area contributed by atoms with E-state index in [2.05, 4.69) is 19.9 Å². The number of hydrogen-bond donors (Lipinski definition) is 2. The summed E-state index contributed by atoms with van der Waals surface area (Å²) in [5.41, 5.74) is 1.48. The third-order valence-corrected chi connectivity index (χ3v) is 7.78. The van der Waals surface area contributed by atoms with Crippen LogP contribution in [0.2, 0.25) is 0 Å². The molecule has 0 spiro atoms. The summed E-state index contributed by atoms with van der Waals surface area (Å²) >= 11 is 0. The van der Waals surface area contributed by atoms with E-state index in [9.17, 15) is 18.3 Å². The second-order valence-corrected chi connectivity index (χ2v) is 11.3. The van der Waals surface area contributed by atoms with E-state index in [0.717, 1.165) is 27.6 Å². The van der Waals surface area contributed by atoms with Gasteiger partial charge in [0.15, 0.2) is 5.60 Å². The molecule has 0 bridgehead atoms. The number of aromatic amines is 1. The maximum absolute atomic E-state index is 14.7. The lowest BCUT2D eigenvalue weighted by Crippen LogP contribution is -2.51. The van der Waals surface area contributed by atoms with Crippen molar-refractivity contribution < 1.29 is 23.0 Å². The second-order valence-electron chi connectivity index (χ2n) is 11.3. The van der Waals surface area contributed by atoms with E-state index in [1.165, 1.54) is 6.33 Å². The van der Waals surface area contributed by atoms with Gasteiger partial charge >= 0.3 is 6.18 Å². The SMILES string of the molecule is CC(C)(CC(O)(Cc1cc2cc(-c3ccccc3)ncc2[nH]1)C(F)(F)F)c1cc(-c2cncnc2)cc2c1OCC2. The Morgan fingerprint density at radius 3 is 2.41 bits per heavy atom. The maximum atomic E-state index is 14.7. The van der Waals surface area contributed by atoms with Gasteiger partial charge < -0.3 is 14.8 Å². The molecule has 6 nitrogen and oxygen atoms in total. The number of aliphatic hydroxyl groups is 1. The van der Waals surface area contributed by atoms with E-state index in [4.69, 9.17) is 4.74 Å². The van der Waals surface area contributed by atoms with Crippen LogP contribution < -0.4 is 4.74 Å². The van der Waals surface area contributed by atoms with Gasteiger partial charge in [0, 0.05) is 53.0 Å². The predicted octanol–water partition coefficient (Wildman–Crippen LogP) is 6.83. The molecule has 4 heterocycles. The van der Waals surface area contributed by atoms with Crippen LogP contribution >= 0.6 is 0 Å². The lowest BCUT2D eigenvalue weighted by molar-refractivity contribution is -0.266. The first kappa shape index (κ1) is 27.0. The van der Waals surface area contributed by atoms with Crippen LogP contribution in [0.5, 0.6) is 5.75 Å². The topological polar surface area (TPSA) is 83.9 Å². The van der Waals surface area contributed by atoms with Gasteiger partial charge in [0.25, 0.3) is 0 Å². The number of rotatable bonds is 7. The van der Waals surface area contributed by atoms with E-state index in [0.29, 0.717) is 35.6 Å². The molecule has 0 saturated heterocycles. The highest BCUT2D eigenvalue weighted by atomic mass is 19.4. The molecule has 2 aromatic carbocycles. The van der Waals surface area contributed by atoms with Crippen molar-refractivity contribution in [1.29, 1.82) is 0 Å². The molecule has 0 radical (unpaired) electrons. The van der Waals surface area contributed by atoms with Gasteiger partial charge in [-0.05, 0) is 47.2 Å². The molecular weight excluding hydrogens is 529 g/mol. The van der Waals surface area contributed by atoms with Crippen molar-refractivity contribution in [3.8, 4) is 28.1 Å². The Morgan fingerprint density at radius 1 is 0.927 bits per heavy atom. The lowest BCUT2D eigenvalue weighted by Gasteiger charge is -2.38. The van der Waals surface area contributed by atoms with Gasteiger partial charge in [0.1, 0.15) is 12.1 Å². The van der Waals surface area contributed by atoms with E-state index in [-0.39, 0.29) is 5.69 Å². The normalized spacial score (nSPS) is 15.0. The first-order valence-electron chi connectivity index (χ1n) is 13.4. The molecule has 41 heavy (non-hydrogen) atoms. The number of hydrogen-bond acceptors (Lipinski definition) is 5. The number of ether oxygens (including phenoxy) is 1. The fourth-order valence-corrected chi connectivity index (χ4v) is 5.78. The van der Waals surface area contributed by atoms with Gasteiger partial charge in [-0.25, -0.2) is 9.97 Å². The minimum absolute atomic E-state index is 0.277. The number of halogens is 3. The molecule has 0 aliphatic carbocycles. The average molecular weight is 559 g/mol. The number of fused-ring (bicyclic) bond motifs is 2. The zero-order valence-electron chi connectivity index (χ0n) is 22.7. The van der Waals surface area contributed by atoms with Crippen molar-refractivity contribution in [3.05, 3.63) is 96.3 Å². The van der Waals surface area contributed by atoms with E-state index >= 15 is 0 Å². The molecule has 2 N–H and O–H groups in total. The highest BCUT2D eigenvalue weighted by Crippen LogP contribution is 2.48. The molecule has 1 unspecified atom stereocenters. The van der Waals surface area contributed by atoms with Crippen LogP contribution in [0.25, 0.3) is 33.3 Å². The summed E-state index contributed by atoms with van der Waals surface area (Å²) in [6.07, 6.45) is 0.930. The van der Waals surface area contributed by atoms with E-state index < -0.39 is 30.0 Å². The van der Waals surface area contributed by atoms with Crippen molar-refractivity contribution in [2.24, 2.45) is 0 Å². The number of benzene rings is 2. The van der Waals surface area contributed by atoms with Gasteiger partial charge in [-0.15, -0.1) is 0 Å². The molecule has 9 heteroatoms. The van der Waals surface area contributed by atoms with Crippen molar-refractivity contribution in [1.82, 2.24) is 19.9 Å². The number of pyridine rings is 1. The molecule has 0 saturated carbocycles. The smallest absolute Gasteiger partial charge is 0.417 e. The van der Waals surface area contributed by atoms with Crippen LogP contribution in [-0.2, 0) is 18.3 Å². The highest BCUT2D eigenvalue weighted by molar-refractivity contribution is 5.83. The van der Waals surface area contributed by atoms with Crippen molar-refractivity contribution >= 4 is 10.9 Å². The van der Waals surface area contributed by atoms with Gasteiger partial charge in [-0.1, -0.05) is 44.2 Å². The Kier molecular flexibility index (Phi) is 6.57. The number of nitrogens with one attached hydrogen (secondary N) is 1. The molecule has 6 rings (SSSR count). The molecule has 3 aromatic heterocycles. The van der Waals surface area contributed by atoms with Crippen LogP contribution in [0.15, 0.2) is 79.5 Å². The van der Waals surface area contributed by atoms with Crippen molar-refractivity contribution in [2.75, 3.05) is 6.61 Å². The van der Waals surface area contributed by atoms with Gasteiger partial charge in [0.05, 0.1) is 24.0 Å². The Morgan fingerprint density at radius 2 is 1.68 bits per heavy atom. The Hall–Kier alpha value is -4.24. The number of nitrogens with zero attached hydrogens (tertiary/aromatic N) is 3. The van der Waals surface area contributed by atoms with Crippen molar-refractivity contribution in [2.45, 2.75) is 50.3 Å². The number of aromatic nitrogens is 4. The summed E-state index contributed by atoms with van der Waals surface area (Å²) < 4.78 is 49.9. The standard InChI is InChI=1S/C32H29F3N4O2/c1-30(2,26-12-22(24-15-36-19-37-16-24)10-21-8-9-41-29(21)26)18-31(40,32(33,34)35)14-25-11-23-13-27(38-17-28(23)39-25)20-6-4-3-5-7-20/h3-7,10-13,15-17,19,39-40H,8-9,14,18H2,1-2H3. The largest absolute Gasteiger partial charge is 0.493 e. The van der Waals surface area contributed by atoms with Crippen LogP contribution in [0.4, 0.5) is 13.2 Å². The average Bonchev–Trinajstić information content (AvgIpc) is 3.58. The third-order valence-electron chi connectivity index (χ3n) is 7.78. The third kappa shape index (κ3) is 5.17. The summed E-state index contributed by atoms with van der Waals surface area (Å²) in [7, 11) is 0. The molecule has 1 aliphatic heterocycles. The van der Waals surface area contributed by atoms with Crippen LogP contribution in [-0.4, -0.2) is 43.4 Å². The summed E-state index contributed by atoms with van der Waals surface area (Å²) in [6.45, 7) is 3.88. The molecule has 0 amide bonds. The first-order valence-corrected chi connectivity index (χ1v) is 13.4. The summed E-state index contributed by atoms with van der Waals surface area (Å²) in [4.78, 5) is 15.7. The Balaban J connectivity index is 1.35. The Labute approximate surface area is 235 Å². The Bertz CT molecular complexity index is 1700. The second kappa shape index (κ2) is 9.99. The summed E-state index contributed by atoms with van der Waals surface area (Å²) in [5.74, 6) is 0.588. The minimum Gasteiger partial charge on any atom is -0.493 e. The zero-order chi connectivity index (χ0) is 28.8. The van der Waals surface area contributed by atoms with Gasteiger partial charge in [0.2, 0.25) is 0 Å². The summed E-state index contributed by atoms with van der Waals surface area (Å²) in [5, 5.41) is 12.1. The number of alkyl halides is 3. The van der Waals surface area contributed by atoms with Gasteiger partial charge in [-0.3, -0.25) is 4.98 Å². The fraction of sp³-hybridized carbons (Fsp3) is 0.281.